The Morgan fingerprint density at radius 2 is 2.14 bits per heavy atom. The van der Waals surface area contributed by atoms with Gasteiger partial charge >= 0.3 is 0 Å². The summed E-state index contributed by atoms with van der Waals surface area (Å²) in [4.78, 5) is 14.1. The van der Waals surface area contributed by atoms with Crippen molar-refractivity contribution in [2.45, 2.75) is 45.2 Å². The molecule has 4 heteroatoms. The normalized spacial score (nSPS) is 17.5. The number of likely N-dealkylation sites (tertiary alicyclic amines) is 1. The van der Waals surface area contributed by atoms with Gasteiger partial charge in [-0.05, 0) is 44.5 Å². The van der Waals surface area contributed by atoms with Crippen molar-refractivity contribution in [3.8, 4) is 5.75 Å². The second-order valence-corrected chi connectivity index (χ2v) is 5.71. The van der Waals surface area contributed by atoms with Crippen molar-refractivity contribution in [1.82, 2.24) is 10.2 Å². The third-order valence-electron chi connectivity index (χ3n) is 4.27. The number of rotatable bonds is 5. The molecule has 1 fully saturated rings. The predicted octanol–water partition coefficient (Wildman–Crippen LogP) is 2.88. The molecule has 0 aromatic heterocycles. The second kappa shape index (κ2) is 7.46. The summed E-state index contributed by atoms with van der Waals surface area (Å²) in [6.45, 7) is 3.63. The van der Waals surface area contributed by atoms with Gasteiger partial charge in [-0.1, -0.05) is 12.5 Å². The first kappa shape index (κ1) is 15.8. The van der Waals surface area contributed by atoms with Gasteiger partial charge in [0, 0.05) is 31.1 Å². The molecule has 0 aliphatic carbocycles. The van der Waals surface area contributed by atoms with Crippen LogP contribution in [0.1, 0.15) is 49.8 Å². The molecule has 1 saturated heterocycles. The molecule has 1 unspecified atom stereocenters. The van der Waals surface area contributed by atoms with E-state index in [0.717, 1.165) is 37.1 Å². The van der Waals surface area contributed by atoms with E-state index in [9.17, 15) is 4.79 Å². The molecule has 0 saturated carbocycles. The van der Waals surface area contributed by atoms with Crippen molar-refractivity contribution in [1.29, 1.82) is 0 Å². The van der Waals surface area contributed by atoms with Crippen LogP contribution in [-0.2, 0) is 11.3 Å². The zero-order valence-corrected chi connectivity index (χ0v) is 13.3. The first-order valence-corrected chi connectivity index (χ1v) is 7.77. The number of hydrogen-bond acceptors (Lipinski definition) is 3. The fraction of sp³-hybridized carbons (Fsp3) is 0.588. The van der Waals surface area contributed by atoms with E-state index in [2.05, 4.69) is 24.4 Å². The second-order valence-electron chi connectivity index (χ2n) is 5.71. The van der Waals surface area contributed by atoms with Crippen LogP contribution in [0.15, 0.2) is 18.2 Å². The molecule has 116 valence electrons. The summed E-state index contributed by atoms with van der Waals surface area (Å²) in [5, 5.41) is 3.25. The summed E-state index contributed by atoms with van der Waals surface area (Å²) >= 11 is 0. The van der Waals surface area contributed by atoms with E-state index >= 15 is 0 Å². The summed E-state index contributed by atoms with van der Waals surface area (Å²) < 4.78 is 5.46. The third-order valence-corrected chi connectivity index (χ3v) is 4.27. The lowest BCUT2D eigenvalue weighted by Gasteiger charge is -2.23. The molecule has 1 aromatic carbocycles. The van der Waals surface area contributed by atoms with Gasteiger partial charge in [0.15, 0.2) is 0 Å². The lowest BCUT2D eigenvalue weighted by Crippen LogP contribution is -2.30. The molecule has 0 radical (unpaired) electrons. The van der Waals surface area contributed by atoms with Crippen LogP contribution in [0.4, 0.5) is 0 Å². The summed E-state index contributed by atoms with van der Waals surface area (Å²) in [6.07, 6.45) is 3.94. The maximum absolute atomic E-state index is 12.2. The van der Waals surface area contributed by atoms with Crippen LogP contribution >= 0.6 is 0 Å². The fourth-order valence-electron chi connectivity index (χ4n) is 2.77. The van der Waals surface area contributed by atoms with Crippen molar-refractivity contribution in [2.75, 3.05) is 20.7 Å². The van der Waals surface area contributed by atoms with Crippen molar-refractivity contribution >= 4 is 5.91 Å². The van der Waals surface area contributed by atoms with Gasteiger partial charge in [-0.15, -0.1) is 0 Å². The number of benzene rings is 1. The van der Waals surface area contributed by atoms with Crippen LogP contribution in [0.2, 0.25) is 0 Å². The topological polar surface area (TPSA) is 41.6 Å². The highest BCUT2D eigenvalue weighted by Gasteiger charge is 2.19. The highest BCUT2D eigenvalue weighted by molar-refractivity contribution is 5.76. The van der Waals surface area contributed by atoms with Crippen LogP contribution in [0.5, 0.6) is 5.75 Å². The minimum absolute atomic E-state index is 0.265. The van der Waals surface area contributed by atoms with Crippen LogP contribution in [0, 0.1) is 0 Å². The minimum Gasteiger partial charge on any atom is -0.496 e. The summed E-state index contributed by atoms with van der Waals surface area (Å²) in [6, 6.07) is 6.52. The van der Waals surface area contributed by atoms with E-state index in [4.69, 9.17) is 4.74 Å². The van der Waals surface area contributed by atoms with Crippen LogP contribution in [-0.4, -0.2) is 31.5 Å². The van der Waals surface area contributed by atoms with Crippen molar-refractivity contribution in [3.05, 3.63) is 29.3 Å². The Bertz CT molecular complexity index is 488. The Morgan fingerprint density at radius 1 is 1.33 bits per heavy atom. The minimum atomic E-state index is 0.265. The van der Waals surface area contributed by atoms with E-state index in [1.165, 1.54) is 5.56 Å². The summed E-state index contributed by atoms with van der Waals surface area (Å²) in [7, 11) is 3.64. The van der Waals surface area contributed by atoms with Crippen molar-refractivity contribution in [3.63, 3.8) is 0 Å². The lowest BCUT2D eigenvalue weighted by molar-refractivity contribution is -0.131. The molecule has 0 bridgehead atoms. The number of methoxy groups -OCH3 is 1. The molecular formula is C17H26N2O2. The Kier molecular flexibility index (Phi) is 5.62. The molecule has 1 aliphatic heterocycles. The average Bonchev–Trinajstić information content (AvgIpc) is 2.71. The lowest BCUT2D eigenvalue weighted by atomic mass is 10.0. The van der Waals surface area contributed by atoms with Crippen molar-refractivity contribution in [2.24, 2.45) is 0 Å². The first-order valence-electron chi connectivity index (χ1n) is 7.77. The van der Waals surface area contributed by atoms with Gasteiger partial charge in [-0.2, -0.15) is 0 Å². The molecule has 4 nitrogen and oxygen atoms in total. The number of hydrogen-bond donors (Lipinski definition) is 1. The van der Waals surface area contributed by atoms with Gasteiger partial charge in [0.25, 0.3) is 0 Å². The largest absolute Gasteiger partial charge is 0.496 e. The molecule has 1 aliphatic rings. The Morgan fingerprint density at radius 3 is 2.86 bits per heavy atom. The van der Waals surface area contributed by atoms with E-state index in [1.54, 1.807) is 7.11 Å². The maximum atomic E-state index is 12.2. The molecule has 21 heavy (non-hydrogen) atoms. The Hall–Kier alpha value is -1.55. The van der Waals surface area contributed by atoms with Gasteiger partial charge in [0.1, 0.15) is 5.75 Å². The number of ether oxygens (including phenoxy) is 1. The molecule has 0 spiro atoms. The van der Waals surface area contributed by atoms with Crippen molar-refractivity contribution < 1.29 is 9.53 Å². The zero-order chi connectivity index (χ0) is 15.2. The standard InChI is InChI=1S/C17H26N2O2/c1-13(18-2)14-8-9-16(21-3)15(11-14)12-19-10-6-4-5-7-17(19)20/h8-9,11,13,18H,4-7,10,12H2,1-3H3. The smallest absolute Gasteiger partial charge is 0.222 e. The number of carbonyl (C=O) groups is 1. The monoisotopic (exact) mass is 290 g/mol. The Balaban J connectivity index is 2.21. The summed E-state index contributed by atoms with van der Waals surface area (Å²) in [5.41, 5.74) is 2.31. The van der Waals surface area contributed by atoms with E-state index in [-0.39, 0.29) is 11.9 Å². The maximum Gasteiger partial charge on any atom is 0.222 e. The number of nitrogens with one attached hydrogen (secondary N) is 1. The Labute approximate surface area is 127 Å². The average molecular weight is 290 g/mol. The van der Waals surface area contributed by atoms with Gasteiger partial charge in [-0.25, -0.2) is 0 Å². The molecule has 1 atom stereocenters. The SMILES string of the molecule is CNC(C)c1ccc(OC)c(CN2CCCCCC2=O)c1. The van der Waals surface area contributed by atoms with Gasteiger partial charge in [0.2, 0.25) is 5.91 Å². The van der Waals surface area contributed by atoms with E-state index < -0.39 is 0 Å². The van der Waals surface area contributed by atoms with E-state index in [1.807, 2.05) is 18.0 Å². The van der Waals surface area contributed by atoms with Crippen LogP contribution in [0.3, 0.4) is 0 Å². The highest BCUT2D eigenvalue weighted by atomic mass is 16.5. The number of carbonyl (C=O) groups excluding carboxylic acids is 1. The van der Waals surface area contributed by atoms with E-state index in [0.29, 0.717) is 13.0 Å². The quantitative estimate of drug-likeness (QED) is 0.906. The van der Waals surface area contributed by atoms with Crippen LogP contribution < -0.4 is 10.1 Å². The zero-order valence-electron chi connectivity index (χ0n) is 13.3. The van der Waals surface area contributed by atoms with Crippen LogP contribution in [0.25, 0.3) is 0 Å². The van der Waals surface area contributed by atoms with Gasteiger partial charge in [-0.3, -0.25) is 4.79 Å². The molecule has 1 amide bonds. The molecule has 2 rings (SSSR count). The number of amides is 1. The van der Waals surface area contributed by atoms with Gasteiger partial charge in [0.05, 0.1) is 7.11 Å². The molecular weight excluding hydrogens is 264 g/mol. The summed E-state index contributed by atoms with van der Waals surface area (Å²) in [5.74, 6) is 1.13. The first-order chi connectivity index (χ1) is 10.2. The molecule has 1 heterocycles. The van der Waals surface area contributed by atoms with Gasteiger partial charge < -0.3 is 15.0 Å². The predicted molar refractivity (Wildman–Crippen MR) is 84.4 cm³/mol. The third kappa shape index (κ3) is 3.97. The highest BCUT2D eigenvalue weighted by Crippen LogP contribution is 2.25. The number of nitrogens with zero attached hydrogens (tertiary/aromatic N) is 1. The molecule has 1 aromatic rings. The molecule has 1 N–H and O–H groups in total. The fourth-order valence-corrected chi connectivity index (χ4v) is 2.77.